The third-order valence-corrected chi connectivity index (χ3v) is 4.83. The Labute approximate surface area is 137 Å². The monoisotopic (exact) mass is 318 g/mol. The molecule has 0 aliphatic carbocycles. The zero-order chi connectivity index (χ0) is 16.2. The van der Waals surface area contributed by atoms with E-state index in [9.17, 15) is 4.79 Å². The van der Waals surface area contributed by atoms with Gasteiger partial charge in [0.15, 0.2) is 0 Å². The first kappa shape index (κ1) is 16.3. The highest BCUT2D eigenvalue weighted by molar-refractivity contribution is 5.94. The van der Waals surface area contributed by atoms with Crippen molar-refractivity contribution in [2.45, 2.75) is 38.3 Å². The van der Waals surface area contributed by atoms with Gasteiger partial charge in [0.05, 0.1) is 13.2 Å². The number of carbonyl (C=O) groups excluding carboxylic acids is 1. The Morgan fingerprint density at radius 3 is 2.61 bits per heavy atom. The third kappa shape index (κ3) is 3.85. The lowest BCUT2D eigenvalue weighted by atomic mass is 10.1. The molecule has 0 spiro atoms. The summed E-state index contributed by atoms with van der Waals surface area (Å²) >= 11 is 0. The van der Waals surface area contributed by atoms with Gasteiger partial charge >= 0.3 is 0 Å². The highest BCUT2D eigenvalue weighted by Gasteiger charge is 2.32. The molecule has 0 bridgehead atoms. The van der Waals surface area contributed by atoms with Crippen molar-refractivity contribution in [3.8, 4) is 5.75 Å². The van der Waals surface area contributed by atoms with Gasteiger partial charge in [0, 0.05) is 31.0 Å². The van der Waals surface area contributed by atoms with Gasteiger partial charge in [-0.15, -0.1) is 0 Å². The number of ether oxygens (including phenoxy) is 2. The van der Waals surface area contributed by atoms with Gasteiger partial charge in [-0.05, 0) is 50.1 Å². The molecule has 0 saturated carbocycles. The van der Waals surface area contributed by atoms with Crippen LogP contribution >= 0.6 is 0 Å². The molecule has 1 aromatic rings. The maximum absolute atomic E-state index is 12.6. The van der Waals surface area contributed by atoms with Crippen LogP contribution in [0.2, 0.25) is 0 Å². The van der Waals surface area contributed by atoms with Gasteiger partial charge in [0.1, 0.15) is 11.9 Å². The van der Waals surface area contributed by atoms with Gasteiger partial charge in [-0.2, -0.15) is 0 Å². The molecule has 2 unspecified atom stereocenters. The number of nitrogens with two attached hydrogens (primary N) is 1. The van der Waals surface area contributed by atoms with E-state index in [4.69, 9.17) is 15.2 Å². The summed E-state index contributed by atoms with van der Waals surface area (Å²) in [7, 11) is 0. The molecular formula is C18H26N2O3. The molecule has 23 heavy (non-hydrogen) atoms. The van der Waals surface area contributed by atoms with Crippen LogP contribution in [0.15, 0.2) is 24.3 Å². The van der Waals surface area contributed by atoms with Gasteiger partial charge in [-0.1, -0.05) is 0 Å². The number of carbonyl (C=O) groups is 1. The Kier molecular flexibility index (Phi) is 5.18. The second-order valence-electron chi connectivity index (χ2n) is 6.60. The summed E-state index contributed by atoms with van der Waals surface area (Å²) in [5.41, 5.74) is 6.46. The van der Waals surface area contributed by atoms with Crippen molar-refractivity contribution in [1.82, 2.24) is 4.90 Å². The van der Waals surface area contributed by atoms with Crippen LogP contribution in [0.5, 0.6) is 5.75 Å². The smallest absolute Gasteiger partial charge is 0.254 e. The average molecular weight is 318 g/mol. The summed E-state index contributed by atoms with van der Waals surface area (Å²) in [6.07, 6.45) is 3.06. The number of hydrogen-bond acceptors (Lipinski definition) is 4. The van der Waals surface area contributed by atoms with Crippen LogP contribution in [0.3, 0.4) is 0 Å². The third-order valence-electron chi connectivity index (χ3n) is 4.83. The first-order valence-electron chi connectivity index (χ1n) is 8.53. The fourth-order valence-electron chi connectivity index (χ4n) is 3.42. The van der Waals surface area contributed by atoms with Crippen LogP contribution in [0.25, 0.3) is 0 Å². The quantitative estimate of drug-likeness (QED) is 0.923. The topological polar surface area (TPSA) is 64.8 Å². The molecular weight excluding hydrogens is 292 g/mol. The van der Waals surface area contributed by atoms with Crippen molar-refractivity contribution in [3.05, 3.63) is 29.8 Å². The standard InChI is InChI=1S/C18H26N2O3/c1-13-10-14(11-19)12-20(13)18(21)15-2-4-16(5-3-15)23-17-6-8-22-9-7-17/h2-5,13-14,17H,6-12,19H2,1H3. The van der Waals surface area contributed by atoms with E-state index in [1.54, 1.807) is 0 Å². The molecule has 1 amide bonds. The molecule has 2 aliphatic rings. The SMILES string of the molecule is CC1CC(CN)CN1C(=O)c1ccc(OC2CCOCC2)cc1. The molecule has 0 aromatic heterocycles. The zero-order valence-corrected chi connectivity index (χ0v) is 13.7. The Morgan fingerprint density at radius 2 is 2.00 bits per heavy atom. The summed E-state index contributed by atoms with van der Waals surface area (Å²) in [5, 5.41) is 0. The van der Waals surface area contributed by atoms with Crippen molar-refractivity contribution >= 4 is 5.91 Å². The lowest BCUT2D eigenvalue weighted by Gasteiger charge is -2.24. The van der Waals surface area contributed by atoms with Gasteiger partial charge in [-0.25, -0.2) is 0 Å². The van der Waals surface area contributed by atoms with Crippen LogP contribution in [0.4, 0.5) is 0 Å². The molecule has 5 heteroatoms. The number of amides is 1. The molecule has 2 fully saturated rings. The first-order valence-corrected chi connectivity index (χ1v) is 8.53. The van der Waals surface area contributed by atoms with Crippen molar-refractivity contribution in [2.24, 2.45) is 11.7 Å². The minimum absolute atomic E-state index is 0.0890. The average Bonchev–Trinajstić information content (AvgIpc) is 2.97. The highest BCUT2D eigenvalue weighted by Crippen LogP contribution is 2.25. The van der Waals surface area contributed by atoms with E-state index in [0.29, 0.717) is 18.0 Å². The van der Waals surface area contributed by atoms with Gasteiger partial charge in [0.2, 0.25) is 0 Å². The second-order valence-corrected chi connectivity index (χ2v) is 6.60. The predicted molar refractivity (Wildman–Crippen MR) is 88.6 cm³/mol. The minimum atomic E-state index is 0.0890. The van der Waals surface area contributed by atoms with Crippen molar-refractivity contribution < 1.29 is 14.3 Å². The lowest BCUT2D eigenvalue weighted by Crippen LogP contribution is -2.34. The van der Waals surface area contributed by atoms with Gasteiger partial charge in [0.25, 0.3) is 5.91 Å². The molecule has 2 atom stereocenters. The first-order chi connectivity index (χ1) is 11.2. The van der Waals surface area contributed by atoms with Crippen LogP contribution in [-0.4, -0.2) is 49.3 Å². The Morgan fingerprint density at radius 1 is 1.30 bits per heavy atom. The number of likely N-dealkylation sites (tertiary alicyclic amines) is 1. The maximum Gasteiger partial charge on any atom is 0.254 e. The summed E-state index contributed by atoms with van der Waals surface area (Å²) in [6, 6.07) is 7.77. The van der Waals surface area contributed by atoms with Crippen LogP contribution in [-0.2, 0) is 4.74 Å². The molecule has 2 aliphatic heterocycles. The second kappa shape index (κ2) is 7.32. The number of rotatable bonds is 4. The van der Waals surface area contributed by atoms with E-state index < -0.39 is 0 Å². The van der Waals surface area contributed by atoms with E-state index in [1.165, 1.54) is 0 Å². The Bertz CT molecular complexity index is 526. The summed E-state index contributed by atoms with van der Waals surface area (Å²) in [4.78, 5) is 14.6. The molecule has 126 valence electrons. The fourth-order valence-corrected chi connectivity index (χ4v) is 3.42. The van der Waals surface area contributed by atoms with Crippen LogP contribution < -0.4 is 10.5 Å². The molecule has 2 N–H and O–H groups in total. The van der Waals surface area contributed by atoms with E-state index >= 15 is 0 Å². The van der Waals surface area contributed by atoms with E-state index in [-0.39, 0.29) is 18.1 Å². The van der Waals surface area contributed by atoms with Crippen molar-refractivity contribution in [2.75, 3.05) is 26.3 Å². The molecule has 2 heterocycles. The maximum atomic E-state index is 12.6. The zero-order valence-electron chi connectivity index (χ0n) is 13.7. The van der Waals surface area contributed by atoms with Gasteiger partial charge in [-0.3, -0.25) is 4.79 Å². The van der Waals surface area contributed by atoms with Crippen LogP contribution in [0.1, 0.15) is 36.5 Å². The Balaban J connectivity index is 1.61. The summed E-state index contributed by atoms with van der Waals surface area (Å²) in [6.45, 7) is 5.02. The molecule has 1 aromatic carbocycles. The number of benzene rings is 1. The van der Waals surface area contributed by atoms with Gasteiger partial charge < -0.3 is 20.1 Å². The van der Waals surface area contributed by atoms with Crippen LogP contribution in [0, 0.1) is 5.92 Å². The lowest BCUT2D eigenvalue weighted by molar-refractivity contribution is 0.0256. The predicted octanol–water partition coefficient (Wildman–Crippen LogP) is 2.05. The normalized spacial score (nSPS) is 25.6. The molecule has 2 saturated heterocycles. The van der Waals surface area contributed by atoms with E-state index in [2.05, 4.69) is 6.92 Å². The minimum Gasteiger partial charge on any atom is -0.490 e. The fraction of sp³-hybridized carbons (Fsp3) is 0.611. The number of nitrogens with zero attached hydrogens (tertiary/aromatic N) is 1. The molecule has 3 rings (SSSR count). The largest absolute Gasteiger partial charge is 0.490 e. The molecule has 5 nitrogen and oxygen atoms in total. The number of hydrogen-bond donors (Lipinski definition) is 1. The Hall–Kier alpha value is -1.59. The highest BCUT2D eigenvalue weighted by atomic mass is 16.5. The van der Waals surface area contributed by atoms with E-state index in [0.717, 1.165) is 44.8 Å². The van der Waals surface area contributed by atoms with Crippen molar-refractivity contribution in [1.29, 1.82) is 0 Å². The summed E-state index contributed by atoms with van der Waals surface area (Å²) in [5.74, 6) is 1.33. The van der Waals surface area contributed by atoms with E-state index in [1.807, 2.05) is 29.2 Å². The summed E-state index contributed by atoms with van der Waals surface area (Å²) < 4.78 is 11.3. The molecule has 0 radical (unpaired) electrons. The van der Waals surface area contributed by atoms with Crippen molar-refractivity contribution in [3.63, 3.8) is 0 Å².